The fourth-order valence-electron chi connectivity index (χ4n) is 2.45. The van der Waals surface area contributed by atoms with Crippen molar-refractivity contribution in [2.75, 3.05) is 0 Å². The van der Waals surface area contributed by atoms with Gasteiger partial charge in [0.1, 0.15) is 0 Å². The van der Waals surface area contributed by atoms with Crippen LogP contribution in [0.25, 0.3) is 17.2 Å². The molecule has 2 aromatic carbocycles. The van der Waals surface area contributed by atoms with Crippen molar-refractivity contribution in [3.05, 3.63) is 71.1 Å². The second-order valence-corrected chi connectivity index (χ2v) is 8.51. The molecule has 2 aromatic rings. The van der Waals surface area contributed by atoms with Gasteiger partial charge >= 0.3 is 37.9 Å². The van der Waals surface area contributed by atoms with Crippen molar-refractivity contribution in [3.63, 3.8) is 0 Å². The van der Waals surface area contributed by atoms with Gasteiger partial charge < -0.3 is 0 Å². The molecule has 0 unspecified atom stereocenters. The van der Waals surface area contributed by atoms with Crippen LogP contribution < -0.4 is 0 Å². The van der Waals surface area contributed by atoms with Crippen molar-refractivity contribution in [1.29, 1.82) is 0 Å². The number of benzene rings is 2. The number of hydrogen-bond donors (Lipinski definition) is 0. The monoisotopic (exact) mass is 379 g/mol. The Morgan fingerprint density at radius 3 is 2.35 bits per heavy atom. The van der Waals surface area contributed by atoms with Gasteiger partial charge in [-0.15, -0.1) is 0 Å². The molecule has 3 heteroatoms. The van der Waals surface area contributed by atoms with Crippen molar-refractivity contribution in [1.82, 2.24) is 0 Å². The Morgan fingerprint density at radius 1 is 0.950 bits per heavy atom. The SMILES string of the molecule is CC1=Cc2c(cccc2-c2cccc(C)c2)[CH]1.[Cl][Zr][Cl]. The van der Waals surface area contributed by atoms with Crippen LogP contribution in [0.3, 0.4) is 0 Å². The first-order chi connectivity index (χ1) is 9.65. The standard InChI is InChI=1S/C17H15.2ClH.Zr/c1-12-5-3-6-14(9-12)16-8-4-7-15-10-13(2)11-17(15)16;;;/h3-11H,1-2H3;2*1H;/q;;;+2/p-2. The first-order valence-corrected chi connectivity index (χ1v) is 12.7. The van der Waals surface area contributed by atoms with Crippen LogP contribution in [-0.4, -0.2) is 0 Å². The van der Waals surface area contributed by atoms with Gasteiger partial charge in [0.05, 0.1) is 0 Å². The van der Waals surface area contributed by atoms with E-state index < -0.39 is 20.8 Å². The zero-order chi connectivity index (χ0) is 14.5. The van der Waals surface area contributed by atoms with Gasteiger partial charge in [-0.1, -0.05) is 59.7 Å². The number of fused-ring (bicyclic) bond motifs is 1. The summed E-state index contributed by atoms with van der Waals surface area (Å²) in [5.41, 5.74) is 7.97. The van der Waals surface area contributed by atoms with Crippen LogP contribution in [0.2, 0.25) is 0 Å². The van der Waals surface area contributed by atoms with Crippen molar-refractivity contribution >= 4 is 23.1 Å². The van der Waals surface area contributed by atoms with E-state index >= 15 is 0 Å². The summed E-state index contributed by atoms with van der Waals surface area (Å²) in [5, 5.41) is 0. The second-order valence-electron chi connectivity index (χ2n) is 4.78. The molecule has 101 valence electrons. The Balaban J connectivity index is 0.000000452. The molecule has 20 heavy (non-hydrogen) atoms. The Labute approximate surface area is 139 Å². The van der Waals surface area contributed by atoms with E-state index in [-0.39, 0.29) is 0 Å². The van der Waals surface area contributed by atoms with Gasteiger partial charge in [-0.2, -0.15) is 0 Å². The molecular formula is C17H15Cl2Zr. The second kappa shape index (κ2) is 7.59. The molecule has 0 bridgehead atoms. The number of allylic oxidation sites excluding steroid dienone is 1. The molecule has 0 spiro atoms. The summed E-state index contributed by atoms with van der Waals surface area (Å²) < 4.78 is 0. The molecule has 0 nitrogen and oxygen atoms in total. The first-order valence-electron chi connectivity index (χ1n) is 6.35. The molecule has 0 aliphatic heterocycles. The molecule has 0 aromatic heterocycles. The van der Waals surface area contributed by atoms with Gasteiger partial charge in [0.25, 0.3) is 0 Å². The molecule has 0 atom stereocenters. The van der Waals surface area contributed by atoms with Crippen LogP contribution in [0.15, 0.2) is 48.0 Å². The third kappa shape index (κ3) is 3.85. The van der Waals surface area contributed by atoms with Crippen LogP contribution in [0, 0.1) is 13.3 Å². The van der Waals surface area contributed by atoms with Gasteiger partial charge in [0, 0.05) is 6.42 Å². The molecule has 0 fully saturated rings. The predicted molar refractivity (Wildman–Crippen MR) is 85.4 cm³/mol. The normalized spacial score (nSPS) is 12.1. The van der Waals surface area contributed by atoms with Gasteiger partial charge in [-0.3, -0.25) is 0 Å². The van der Waals surface area contributed by atoms with Crippen LogP contribution in [0.4, 0.5) is 0 Å². The quantitative estimate of drug-likeness (QED) is 0.568. The number of rotatable bonds is 1. The van der Waals surface area contributed by atoms with E-state index in [1.54, 1.807) is 0 Å². The molecule has 0 saturated heterocycles. The summed E-state index contributed by atoms with van der Waals surface area (Å²) in [6.07, 6.45) is 4.52. The minimum atomic E-state index is -0.826. The van der Waals surface area contributed by atoms with Crippen molar-refractivity contribution in [3.8, 4) is 11.1 Å². The third-order valence-corrected chi connectivity index (χ3v) is 3.22. The Kier molecular flexibility index (Phi) is 6.08. The van der Waals surface area contributed by atoms with Crippen molar-refractivity contribution in [2.45, 2.75) is 13.8 Å². The maximum absolute atomic E-state index is 4.93. The number of halogens is 2. The first kappa shape index (κ1) is 16.0. The summed E-state index contributed by atoms with van der Waals surface area (Å²) in [4.78, 5) is 0. The summed E-state index contributed by atoms with van der Waals surface area (Å²) in [6.45, 7) is 4.29. The van der Waals surface area contributed by atoms with Crippen LogP contribution in [0.5, 0.6) is 0 Å². The van der Waals surface area contributed by atoms with Crippen molar-refractivity contribution < 1.29 is 20.8 Å². The fourth-order valence-corrected chi connectivity index (χ4v) is 2.45. The van der Waals surface area contributed by atoms with Crippen molar-refractivity contribution in [2.24, 2.45) is 0 Å². The molecule has 1 aliphatic rings. The number of hydrogen-bond acceptors (Lipinski definition) is 0. The zero-order valence-corrected chi connectivity index (χ0v) is 15.4. The predicted octanol–water partition coefficient (Wildman–Crippen LogP) is 6.01. The molecule has 0 N–H and O–H groups in total. The molecule has 1 aliphatic carbocycles. The maximum atomic E-state index is 4.93. The molecular weight excluding hydrogens is 366 g/mol. The average Bonchev–Trinajstić information content (AvgIpc) is 2.79. The Morgan fingerprint density at radius 2 is 1.65 bits per heavy atom. The van der Waals surface area contributed by atoms with E-state index in [9.17, 15) is 0 Å². The van der Waals surface area contributed by atoms with E-state index in [1.165, 1.54) is 33.4 Å². The Hall–Kier alpha value is -0.357. The molecule has 0 heterocycles. The van der Waals surface area contributed by atoms with Crippen LogP contribution in [-0.2, 0) is 20.8 Å². The summed E-state index contributed by atoms with van der Waals surface area (Å²) in [6, 6.07) is 15.2. The molecule has 0 amide bonds. The fraction of sp³-hybridized carbons (Fsp3) is 0.118. The zero-order valence-electron chi connectivity index (χ0n) is 11.5. The van der Waals surface area contributed by atoms with Crippen LogP contribution in [0.1, 0.15) is 23.6 Å². The molecule has 1 radical (unpaired) electrons. The molecule has 3 rings (SSSR count). The number of aryl methyl sites for hydroxylation is 1. The van der Waals surface area contributed by atoms with Gasteiger partial charge in [-0.25, -0.2) is 0 Å². The van der Waals surface area contributed by atoms with Gasteiger partial charge in [0.2, 0.25) is 0 Å². The summed E-state index contributed by atoms with van der Waals surface area (Å²) in [7, 11) is 9.87. The molecule has 0 saturated carbocycles. The minimum absolute atomic E-state index is 0.826. The van der Waals surface area contributed by atoms with E-state index in [0.717, 1.165) is 0 Å². The van der Waals surface area contributed by atoms with E-state index in [4.69, 9.17) is 17.0 Å². The average molecular weight is 381 g/mol. The van der Waals surface area contributed by atoms with E-state index in [1.807, 2.05) is 0 Å². The summed E-state index contributed by atoms with van der Waals surface area (Å²) in [5.74, 6) is 0. The van der Waals surface area contributed by atoms with Crippen LogP contribution >= 0.6 is 17.0 Å². The topological polar surface area (TPSA) is 0 Å². The third-order valence-electron chi connectivity index (χ3n) is 3.22. The summed E-state index contributed by atoms with van der Waals surface area (Å²) >= 11 is -0.826. The van der Waals surface area contributed by atoms with Gasteiger partial charge in [0.15, 0.2) is 0 Å². The Bertz CT molecular complexity index is 633. The van der Waals surface area contributed by atoms with Gasteiger partial charge in [-0.05, 0) is 36.1 Å². The van der Waals surface area contributed by atoms with E-state index in [2.05, 4.69) is 68.8 Å². The van der Waals surface area contributed by atoms with E-state index in [0.29, 0.717) is 0 Å².